The van der Waals surface area contributed by atoms with Crippen molar-refractivity contribution in [1.29, 1.82) is 0 Å². The summed E-state index contributed by atoms with van der Waals surface area (Å²) >= 11 is 0. The molecule has 1 fully saturated rings. The molecule has 1 aliphatic rings. The number of nitrogens with zero attached hydrogens (tertiary/aromatic N) is 1. The number of benzene rings is 1. The highest BCUT2D eigenvalue weighted by Crippen LogP contribution is 2.22. The van der Waals surface area contributed by atoms with Crippen LogP contribution in [0.15, 0.2) is 23.2 Å². The van der Waals surface area contributed by atoms with Crippen molar-refractivity contribution in [3.05, 3.63) is 29.3 Å². The minimum absolute atomic E-state index is 0. The van der Waals surface area contributed by atoms with Crippen LogP contribution in [0.5, 0.6) is 5.75 Å². The Labute approximate surface area is 191 Å². The molecule has 0 aromatic heterocycles. The van der Waals surface area contributed by atoms with E-state index in [1.807, 2.05) is 13.8 Å². The van der Waals surface area contributed by atoms with E-state index in [0.717, 1.165) is 36.5 Å². The van der Waals surface area contributed by atoms with Crippen LogP contribution in [-0.4, -0.2) is 52.3 Å². The average molecular weight is 518 g/mol. The second-order valence-corrected chi connectivity index (χ2v) is 7.89. The van der Waals surface area contributed by atoms with Crippen molar-refractivity contribution in [2.75, 3.05) is 40.5 Å². The van der Waals surface area contributed by atoms with Gasteiger partial charge in [0.1, 0.15) is 5.75 Å². The summed E-state index contributed by atoms with van der Waals surface area (Å²) < 4.78 is 11.5. The van der Waals surface area contributed by atoms with Gasteiger partial charge in [-0.3, -0.25) is 9.79 Å². The van der Waals surface area contributed by atoms with Gasteiger partial charge in [0, 0.05) is 45.3 Å². The topological polar surface area (TPSA) is 84.0 Å². The van der Waals surface area contributed by atoms with Crippen LogP contribution >= 0.6 is 24.0 Å². The third kappa shape index (κ3) is 8.00. The number of ether oxygens (including phenoxy) is 2. The van der Waals surface area contributed by atoms with Crippen LogP contribution in [0.3, 0.4) is 0 Å². The average Bonchev–Trinajstić information content (AvgIpc) is 3.20. The lowest BCUT2D eigenvalue weighted by Gasteiger charge is -2.24. The molecule has 29 heavy (non-hydrogen) atoms. The molecule has 1 saturated heterocycles. The Kier molecular flexibility index (Phi) is 10.7. The van der Waals surface area contributed by atoms with Gasteiger partial charge in [-0.1, -0.05) is 12.1 Å². The summed E-state index contributed by atoms with van der Waals surface area (Å²) in [7, 11) is 3.36. The van der Waals surface area contributed by atoms with E-state index in [-0.39, 0.29) is 29.9 Å². The molecular weight excluding hydrogens is 483 g/mol. The Morgan fingerprint density at radius 2 is 2.10 bits per heavy atom. The van der Waals surface area contributed by atoms with Crippen LogP contribution < -0.4 is 20.7 Å². The lowest BCUT2D eigenvalue weighted by Crippen LogP contribution is -2.47. The molecule has 1 aromatic rings. The minimum Gasteiger partial charge on any atom is -0.493 e. The first-order valence-electron chi connectivity index (χ1n) is 9.82. The second-order valence-electron chi connectivity index (χ2n) is 7.89. The molecule has 1 aliphatic heterocycles. The van der Waals surface area contributed by atoms with Crippen molar-refractivity contribution in [3.8, 4) is 5.75 Å². The fourth-order valence-electron chi connectivity index (χ4n) is 2.99. The Bertz CT molecular complexity index is 689. The first-order chi connectivity index (χ1) is 13.4. The van der Waals surface area contributed by atoms with E-state index in [0.29, 0.717) is 31.6 Å². The molecule has 0 spiro atoms. The molecule has 3 N–H and O–H groups in total. The van der Waals surface area contributed by atoms with Gasteiger partial charge < -0.3 is 25.4 Å². The zero-order valence-corrected chi connectivity index (χ0v) is 20.5. The monoisotopic (exact) mass is 518 g/mol. The van der Waals surface area contributed by atoms with E-state index in [1.54, 1.807) is 14.1 Å². The SMILES string of the molecule is CN=C(NCc1ccc(C)cc1OCC1CCOC1)NCC(C)(C)C(=O)NC.I. The largest absolute Gasteiger partial charge is 0.493 e. The molecule has 164 valence electrons. The first-order valence-corrected chi connectivity index (χ1v) is 9.82. The number of hydrogen-bond acceptors (Lipinski definition) is 4. The summed E-state index contributed by atoms with van der Waals surface area (Å²) in [6.07, 6.45) is 1.05. The van der Waals surface area contributed by atoms with Crippen LogP contribution in [0.25, 0.3) is 0 Å². The molecule has 1 amide bonds. The smallest absolute Gasteiger partial charge is 0.227 e. The van der Waals surface area contributed by atoms with Crippen molar-refractivity contribution in [1.82, 2.24) is 16.0 Å². The van der Waals surface area contributed by atoms with E-state index in [1.165, 1.54) is 0 Å². The lowest BCUT2D eigenvalue weighted by atomic mass is 9.92. The van der Waals surface area contributed by atoms with Gasteiger partial charge >= 0.3 is 0 Å². The molecule has 0 radical (unpaired) electrons. The summed E-state index contributed by atoms with van der Waals surface area (Å²) in [6.45, 7) is 9.17. The second kappa shape index (κ2) is 12.2. The van der Waals surface area contributed by atoms with Gasteiger partial charge in [0.25, 0.3) is 0 Å². The van der Waals surface area contributed by atoms with Crippen molar-refractivity contribution >= 4 is 35.8 Å². The van der Waals surface area contributed by atoms with Gasteiger partial charge in [-0.15, -0.1) is 24.0 Å². The van der Waals surface area contributed by atoms with Crippen LogP contribution in [0.2, 0.25) is 0 Å². The molecular formula is C21H35IN4O3. The number of rotatable bonds is 8. The predicted molar refractivity (Wildman–Crippen MR) is 127 cm³/mol. The zero-order valence-electron chi connectivity index (χ0n) is 18.1. The Balaban J connectivity index is 0.00000420. The lowest BCUT2D eigenvalue weighted by molar-refractivity contribution is -0.128. The van der Waals surface area contributed by atoms with Crippen molar-refractivity contribution in [2.45, 2.75) is 33.7 Å². The van der Waals surface area contributed by atoms with E-state index in [9.17, 15) is 4.79 Å². The maximum atomic E-state index is 11.9. The van der Waals surface area contributed by atoms with Crippen molar-refractivity contribution in [3.63, 3.8) is 0 Å². The molecule has 8 heteroatoms. The number of aliphatic imine (C=N–C) groups is 1. The van der Waals surface area contributed by atoms with E-state index < -0.39 is 5.41 Å². The number of hydrogen-bond donors (Lipinski definition) is 3. The predicted octanol–water partition coefficient (Wildman–Crippen LogP) is 2.47. The quantitative estimate of drug-likeness (QED) is 0.280. The maximum Gasteiger partial charge on any atom is 0.227 e. The fraction of sp³-hybridized carbons (Fsp3) is 0.619. The minimum atomic E-state index is -0.534. The number of carbonyl (C=O) groups excluding carboxylic acids is 1. The summed E-state index contributed by atoms with van der Waals surface area (Å²) in [5, 5.41) is 9.22. The van der Waals surface area contributed by atoms with E-state index in [2.05, 4.69) is 46.1 Å². The van der Waals surface area contributed by atoms with Gasteiger partial charge in [0.2, 0.25) is 5.91 Å². The summed E-state index contributed by atoms with van der Waals surface area (Å²) in [4.78, 5) is 16.2. The van der Waals surface area contributed by atoms with Crippen LogP contribution in [0, 0.1) is 18.3 Å². The standard InChI is InChI=1S/C21H34N4O3.HI/c1-15-6-7-17(18(10-15)28-13-16-8-9-27-12-16)11-24-20(23-5)25-14-21(2,3)19(26)22-4;/h6-7,10,16H,8-9,11-14H2,1-5H3,(H,22,26)(H2,23,24,25);1H. The van der Waals surface area contributed by atoms with Crippen LogP contribution in [0.1, 0.15) is 31.4 Å². The van der Waals surface area contributed by atoms with Crippen molar-refractivity contribution in [2.24, 2.45) is 16.3 Å². The number of amides is 1. The highest BCUT2D eigenvalue weighted by atomic mass is 127. The van der Waals surface area contributed by atoms with Gasteiger partial charge in [-0.25, -0.2) is 0 Å². The molecule has 1 atom stereocenters. The molecule has 0 saturated carbocycles. The highest BCUT2D eigenvalue weighted by molar-refractivity contribution is 14.0. The zero-order chi connectivity index (χ0) is 20.6. The molecule has 2 rings (SSSR count). The van der Waals surface area contributed by atoms with Gasteiger partial charge in [0.15, 0.2) is 5.96 Å². The third-order valence-electron chi connectivity index (χ3n) is 4.93. The Morgan fingerprint density at radius 1 is 1.34 bits per heavy atom. The highest BCUT2D eigenvalue weighted by Gasteiger charge is 2.26. The van der Waals surface area contributed by atoms with Gasteiger partial charge in [-0.05, 0) is 38.8 Å². The number of nitrogens with one attached hydrogen (secondary N) is 3. The molecule has 1 unspecified atom stereocenters. The number of halogens is 1. The summed E-state index contributed by atoms with van der Waals surface area (Å²) in [6, 6.07) is 6.22. The normalized spacial score (nSPS) is 16.7. The van der Waals surface area contributed by atoms with E-state index >= 15 is 0 Å². The number of guanidine groups is 1. The number of carbonyl (C=O) groups is 1. The Hall–Kier alpha value is -1.55. The number of aryl methyl sites for hydroxylation is 1. The first kappa shape index (κ1) is 25.5. The molecule has 1 aromatic carbocycles. The molecule has 7 nitrogen and oxygen atoms in total. The molecule has 0 bridgehead atoms. The molecule has 1 heterocycles. The van der Waals surface area contributed by atoms with Crippen LogP contribution in [-0.2, 0) is 16.1 Å². The van der Waals surface area contributed by atoms with E-state index in [4.69, 9.17) is 9.47 Å². The van der Waals surface area contributed by atoms with Crippen LogP contribution in [0.4, 0.5) is 0 Å². The van der Waals surface area contributed by atoms with Gasteiger partial charge in [-0.2, -0.15) is 0 Å². The van der Waals surface area contributed by atoms with Crippen molar-refractivity contribution < 1.29 is 14.3 Å². The third-order valence-corrected chi connectivity index (χ3v) is 4.93. The maximum absolute atomic E-state index is 11.9. The Morgan fingerprint density at radius 3 is 2.72 bits per heavy atom. The fourth-order valence-corrected chi connectivity index (χ4v) is 2.99. The summed E-state index contributed by atoms with van der Waals surface area (Å²) in [5.74, 6) is 1.98. The molecule has 0 aliphatic carbocycles. The van der Waals surface area contributed by atoms with Gasteiger partial charge in [0.05, 0.1) is 18.6 Å². The summed E-state index contributed by atoms with van der Waals surface area (Å²) in [5.41, 5.74) is 1.70.